The van der Waals surface area contributed by atoms with Gasteiger partial charge in [0.25, 0.3) is 11.8 Å². The highest BCUT2D eigenvalue weighted by atomic mass is 16.2. The lowest BCUT2D eigenvalue weighted by Gasteiger charge is -2.17. The van der Waals surface area contributed by atoms with Crippen LogP contribution in [-0.4, -0.2) is 46.7 Å². The average molecular weight is 372 g/mol. The summed E-state index contributed by atoms with van der Waals surface area (Å²) in [6.45, 7) is 14.7. The van der Waals surface area contributed by atoms with Gasteiger partial charge in [0.15, 0.2) is 0 Å². The highest BCUT2D eigenvalue weighted by molar-refractivity contribution is 6.13. The molecule has 0 unspecified atom stereocenters. The van der Waals surface area contributed by atoms with E-state index in [4.69, 9.17) is 0 Å². The van der Waals surface area contributed by atoms with Crippen LogP contribution in [0, 0.1) is 0 Å². The van der Waals surface area contributed by atoms with Crippen molar-refractivity contribution in [3.63, 3.8) is 0 Å². The van der Waals surface area contributed by atoms with E-state index in [2.05, 4.69) is 10.6 Å². The maximum atomic E-state index is 10.8. The Bertz CT molecular complexity index is 465. The third kappa shape index (κ3) is 15.4. The Hall–Kier alpha value is -2.18. The van der Waals surface area contributed by atoms with Crippen LogP contribution in [0.2, 0.25) is 0 Å². The fraction of sp³-hybridized carbons (Fsp3) is 0.684. The van der Waals surface area contributed by atoms with Crippen LogP contribution in [0.3, 0.4) is 0 Å². The van der Waals surface area contributed by atoms with Crippen molar-refractivity contribution in [2.75, 3.05) is 0 Å². The van der Waals surface area contributed by atoms with Crippen LogP contribution in [0.25, 0.3) is 0 Å². The summed E-state index contributed by atoms with van der Waals surface area (Å²) in [7, 11) is 0. The van der Waals surface area contributed by atoms with Crippen molar-refractivity contribution in [2.24, 2.45) is 0 Å². The molecule has 0 atom stereocenters. The molecule has 0 aromatic heterocycles. The van der Waals surface area contributed by atoms with E-state index in [1.165, 1.54) is 24.0 Å². The standard InChI is InChI=1S/C7H9NO2.C6H13NO.C5H11NO.CH4/c1-5(2)8-6(9)3-4-7(8)10;1-4-6(8)7-5(2)3;1-4(2)6-5(3)7;/h3-5H,1-2H3;5H,4H2,1-3H3,(H,7,8);4H,1-3H3,(H,6,7);1H4. The third-order valence-electron chi connectivity index (χ3n) is 2.62. The molecular formula is C19H37N3O4. The largest absolute Gasteiger partial charge is 0.354 e. The zero-order valence-electron chi connectivity index (χ0n) is 16.7. The van der Waals surface area contributed by atoms with E-state index in [9.17, 15) is 19.2 Å². The molecule has 0 aliphatic carbocycles. The number of hydrogen-bond donors (Lipinski definition) is 2. The summed E-state index contributed by atoms with van der Waals surface area (Å²) in [5, 5.41) is 5.42. The van der Waals surface area contributed by atoms with Gasteiger partial charge in [0.1, 0.15) is 0 Å². The van der Waals surface area contributed by atoms with Gasteiger partial charge in [-0.25, -0.2) is 0 Å². The Balaban J connectivity index is -0.000000306. The van der Waals surface area contributed by atoms with Gasteiger partial charge >= 0.3 is 0 Å². The highest BCUT2D eigenvalue weighted by Gasteiger charge is 2.25. The number of amides is 4. The lowest BCUT2D eigenvalue weighted by molar-refractivity contribution is -0.138. The molecule has 0 fully saturated rings. The number of rotatable bonds is 4. The highest BCUT2D eigenvalue weighted by Crippen LogP contribution is 2.07. The van der Waals surface area contributed by atoms with Crippen molar-refractivity contribution in [3.8, 4) is 0 Å². The van der Waals surface area contributed by atoms with Gasteiger partial charge in [-0.3, -0.25) is 24.1 Å². The maximum absolute atomic E-state index is 10.8. The molecule has 4 amide bonds. The second-order valence-corrected chi connectivity index (χ2v) is 6.40. The Morgan fingerprint density at radius 1 is 0.923 bits per heavy atom. The molecule has 0 bridgehead atoms. The summed E-state index contributed by atoms with van der Waals surface area (Å²) < 4.78 is 0. The molecule has 26 heavy (non-hydrogen) atoms. The molecule has 1 aliphatic heterocycles. The van der Waals surface area contributed by atoms with Crippen molar-refractivity contribution < 1.29 is 19.2 Å². The first kappa shape index (κ1) is 28.6. The molecule has 0 aromatic carbocycles. The van der Waals surface area contributed by atoms with E-state index in [0.29, 0.717) is 6.42 Å². The van der Waals surface area contributed by atoms with Crippen LogP contribution in [-0.2, 0) is 19.2 Å². The lowest BCUT2D eigenvalue weighted by Crippen LogP contribution is -2.36. The van der Waals surface area contributed by atoms with Gasteiger partial charge in [0, 0.05) is 43.6 Å². The van der Waals surface area contributed by atoms with Gasteiger partial charge in [-0.15, -0.1) is 0 Å². The Morgan fingerprint density at radius 3 is 1.42 bits per heavy atom. The fourth-order valence-corrected chi connectivity index (χ4v) is 1.75. The molecule has 1 heterocycles. The molecule has 152 valence electrons. The normalized spacial score (nSPS) is 12.2. The molecule has 0 spiro atoms. The Morgan fingerprint density at radius 2 is 1.31 bits per heavy atom. The van der Waals surface area contributed by atoms with Gasteiger partial charge in [-0.05, 0) is 41.5 Å². The minimum absolute atomic E-state index is 0. The number of carbonyl (C=O) groups is 4. The van der Waals surface area contributed by atoms with Gasteiger partial charge in [-0.1, -0.05) is 14.4 Å². The molecule has 0 saturated heterocycles. The smallest absolute Gasteiger partial charge is 0.253 e. The molecule has 0 radical (unpaired) electrons. The quantitative estimate of drug-likeness (QED) is 0.742. The first-order valence-corrected chi connectivity index (χ1v) is 8.53. The average Bonchev–Trinajstić information content (AvgIpc) is 2.77. The maximum Gasteiger partial charge on any atom is 0.253 e. The SMILES string of the molecule is C.CC(=O)NC(C)C.CC(C)N1C(=O)C=CC1=O.CCC(=O)NC(C)C. The van der Waals surface area contributed by atoms with Gasteiger partial charge in [0.2, 0.25) is 11.8 Å². The van der Waals surface area contributed by atoms with Gasteiger partial charge < -0.3 is 10.6 Å². The number of carbonyl (C=O) groups excluding carboxylic acids is 4. The number of imide groups is 1. The minimum Gasteiger partial charge on any atom is -0.354 e. The van der Waals surface area contributed by atoms with Crippen molar-refractivity contribution in [1.82, 2.24) is 15.5 Å². The minimum atomic E-state index is -0.208. The Labute approximate surface area is 158 Å². The molecule has 1 aliphatic rings. The first-order valence-electron chi connectivity index (χ1n) is 8.53. The zero-order chi connectivity index (χ0) is 20.2. The lowest BCUT2D eigenvalue weighted by atomic mass is 10.3. The summed E-state index contributed by atoms with van der Waals surface area (Å²) in [5.74, 6) is -0.255. The predicted octanol–water partition coefficient (Wildman–Crippen LogP) is 2.41. The summed E-state index contributed by atoms with van der Waals surface area (Å²) in [6, 6.07) is 0.523. The van der Waals surface area contributed by atoms with E-state index in [1.807, 2.05) is 48.5 Å². The second kappa shape index (κ2) is 15.1. The first-order chi connectivity index (χ1) is 11.4. The van der Waals surface area contributed by atoms with Crippen LogP contribution < -0.4 is 10.6 Å². The van der Waals surface area contributed by atoms with Crippen molar-refractivity contribution >= 4 is 23.6 Å². The molecular weight excluding hydrogens is 334 g/mol. The van der Waals surface area contributed by atoms with E-state index in [-0.39, 0.29) is 49.2 Å². The Kier molecular flexibility index (Phi) is 16.6. The van der Waals surface area contributed by atoms with E-state index < -0.39 is 0 Å². The summed E-state index contributed by atoms with van der Waals surface area (Å²) >= 11 is 0. The third-order valence-corrected chi connectivity index (χ3v) is 2.62. The monoisotopic (exact) mass is 371 g/mol. The van der Waals surface area contributed by atoms with E-state index in [1.54, 1.807) is 0 Å². The fourth-order valence-electron chi connectivity index (χ4n) is 1.75. The van der Waals surface area contributed by atoms with Crippen LogP contribution >= 0.6 is 0 Å². The molecule has 0 saturated carbocycles. The summed E-state index contributed by atoms with van der Waals surface area (Å²) in [4.78, 5) is 43.6. The number of nitrogens with one attached hydrogen (secondary N) is 2. The van der Waals surface area contributed by atoms with Gasteiger partial charge in [0.05, 0.1) is 0 Å². The number of nitrogens with zero attached hydrogens (tertiary/aromatic N) is 1. The molecule has 7 heteroatoms. The van der Waals surface area contributed by atoms with Crippen LogP contribution in [0.5, 0.6) is 0 Å². The molecule has 1 rings (SSSR count). The second-order valence-electron chi connectivity index (χ2n) is 6.40. The molecule has 2 N–H and O–H groups in total. The molecule has 0 aromatic rings. The predicted molar refractivity (Wildman–Crippen MR) is 105 cm³/mol. The molecule has 7 nitrogen and oxygen atoms in total. The van der Waals surface area contributed by atoms with E-state index >= 15 is 0 Å². The van der Waals surface area contributed by atoms with E-state index in [0.717, 1.165) is 0 Å². The zero-order valence-corrected chi connectivity index (χ0v) is 16.7. The van der Waals surface area contributed by atoms with Crippen LogP contribution in [0.4, 0.5) is 0 Å². The van der Waals surface area contributed by atoms with Gasteiger partial charge in [-0.2, -0.15) is 0 Å². The van der Waals surface area contributed by atoms with Crippen LogP contribution in [0.1, 0.15) is 69.2 Å². The summed E-state index contributed by atoms with van der Waals surface area (Å²) in [6.07, 6.45) is 3.17. The topological polar surface area (TPSA) is 95.6 Å². The van der Waals surface area contributed by atoms with Crippen molar-refractivity contribution in [3.05, 3.63) is 12.2 Å². The van der Waals surface area contributed by atoms with Crippen molar-refractivity contribution in [2.45, 2.75) is 87.4 Å². The summed E-state index contributed by atoms with van der Waals surface area (Å²) in [5.41, 5.74) is 0. The van der Waals surface area contributed by atoms with Crippen molar-refractivity contribution in [1.29, 1.82) is 0 Å². The van der Waals surface area contributed by atoms with Crippen LogP contribution in [0.15, 0.2) is 12.2 Å². The number of hydrogen-bond acceptors (Lipinski definition) is 4.